The van der Waals surface area contributed by atoms with Crippen LogP contribution in [0.1, 0.15) is 34.5 Å². The number of H-pyrrole nitrogens is 1. The van der Waals surface area contributed by atoms with E-state index in [1.54, 1.807) is 0 Å². The van der Waals surface area contributed by atoms with Crippen LogP contribution in [0.3, 0.4) is 0 Å². The molecule has 0 unspecified atom stereocenters. The number of nitrogens with one attached hydrogen (secondary N) is 2. The van der Waals surface area contributed by atoms with E-state index in [9.17, 15) is 4.79 Å². The van der Waals surface area contributed by atoms with Crippen LogP contribution in [0.5, 0.6) is 0 Å². The van der Waals surface area contributed by atoms with E-state index < -0.39 is 0 Å². The molecule has 1 amide bonds. The van der Waals surface area contributed by atoms with Crippen molar-refractivity contribution >= 4 is 32.7 Å². The van der Waals surface area contributed by atoms with Crippen LogP contribution >= 0.6 is 15.9 Å². The van der Waals surface area contributed by atoms with E-state index in [1.165, 1.54) is 11.1 Å². The zero-order valence-electron chi connectivity index (χ0n) is 15.3. The fourth-order valence-electron chi connectivity index (χ4n) is 3.86. The van der Waals surface area contributed by atoms with Gasteiger partial charge < -0.3 is 15.0 Å². The molecule has 2 aromatic carbocycles. The molecular formula is C22H23BrN2O2. The Bertz CT molecular complexity index is 973. The lowest BCUT2D eigenvalue weighted by Gasteiger charge is -2.38. The summed E-state index contributed by atoms with van der Waals surface area (Å²) >= 11 is 3.57. The summed E-state index contributed by atoms with van der Waals surface area (Å²) in [6.45, 7) is 4.08. The average Bonchev–Trinajstić information content (AvgIpc) is 3.10. The van der Waals surface area contributed by atoms with Gasteiger partial charge in [0.25, 0.3) is 5.91 Å². The lowest BCUT2D eigenvalue weighted by molar-refractivity contribution is 0.0486. The summed E-state index contributed by atoms with van der Waals surface area (Å²) in [7, 11) is 0. The molecule has 1 aromatic heterocycles. The summed E-state index contributed by atoms with van der Waals surface area (Å²) in [4.78, 5) is 16.0. The van der Waals surface area contributed by atoms with Crippen molar-refractivity contribution in [3.05, 3.63) is 69.8 Å². The highest BCUT2D eigenvalue weighted by Gasteiger charge is 2.35. The van der Waals surface area contributed by atoms with Crippen molar-refractivity contribution in [3.63, 3.8) is 0 Å². The zero-order chi connectivity index (χ0) is 18.9. The lowest BCUT2D eigenvalue weighted by atomic mass is 9.74. The van der Waals surface area contributed by atoms with Crippen LogP contribution in [-0.2, 0) is 10.2 Å². The van der Waals surface area contributed by atoms with Gasteiger partial charge in [-0.05, 0) is 55.2 Å². The number of hydrogen-bond acceptors (Lipinski definition) is 2. The maximum Gasteiger partial charge on any atom is 0.267 e. The molecule has 1 saturated heterocycles. The molecular weight excluding hydrogens is 404 g/mol. The topological polar surface area (TPSA) is 54.1 Å². The second kappa shape index (κ2) is 7.49. The zero-order valence-corrected chi connectivity index (χ0v) is 16.9. The molecule has 0 saturated carbocycles. The van der Waals surface area contributed by atoms with E-state index >= 15 is 0 Å². The highest BCUT2D eigenvalue weighted by atomic mass is 79.9. The van der Waals surface area contributed by atoms with Gasteiger partial charge in [0.05, 0.1) is 0 Å². The number of halogens is 1. The van der Waals surface area contributed by atoms with Crippen molar-refractivity contribution < 1.29 is 9.53 Å². The Morgan fingerprint density at radius 3 is 2.78 bits per heavy atom. The van der Waals surface area contributed by atoms with Gasteiger partial charge in [-0.25, -0.2) is 0 Å². The number of hydrogen-bond donors (Lipinski definition) is 2. The molecule has 2 N–H and O–H groups in total. The number of aryl methyl sites for hydroxylation is 1. The first kappa shape index (κ1) is 18.3. The molecule has 5 heteroatoms. The third kappa shape index (κ3) is 3.80. The molecule has 0 atom stereocenters. The molecule has 1 aliphatic rings. The van der Waals surface area contributed by atoms with Gasteiger partial charge in [0.15, 0.2) is 0 Å². The Balaban J connectivity index is 1.55. The summed E-state index contributed by atoms with van der Waals surface area (Å²) in [6, 6.07) is 16.5. The van der Waals surface area contributed by atoms with Crippen molar-refractivity contribution in [1.82, 2.24) is 10.3 Å². The maximum atomic E-state index is 12.8. The molecule has 140 valence electrons. The Kier molecular flexibility index (Phi) is 5.06. The smallest absolute Gasteiger partial charge is 0.267 e. The van der Waals surface area contributed by atoms with Crippen molar-refractivity contribution in [2.24, 2.45) is 0 Å². The number of fused-ring (bicyclic) bond motifs is 1. The fourth-order valence-corrected chi connectivity index (χ4v) is 4.26. The predicted octanol–water partition coefficient (Wildman–Crippen LogP) is 4.72. The maximum absolute atomic E-state index is 12.8. The van der Waals surface area contributed by atoms with Gasteiger partial charge in [0.1, 0.15) is 5.69 Å². The second-order valence-electron chi connectivity index (χ2n) is 7.36. The minimum absolute atomic E-state index is 0.0651. The number of ether oxygens (including phenoxy) is 1. The Labute approximate surface area is 167 Å². The lowest BCUT2D eigenvalue weighted by Crippen LogP contribution is -2.44. The van der Waals surface area contributed by atoms with Crippen molar-refractivity contribution in [2.75, 3.05) is 19.8 Å². The van der Waals surface area contributed by atoms with Crippen LogP contribution in [-0.4, -0.2) is 30.6 Å². The number of aromatic amines is 1. The van der Waals surface area contributed by atoms with Gasteiger partial charge >= 0.3 is 0 Å². The van der Waals surface area contributed by atoms with Gasteiger partial charge in [-0.1, -0.05) is 40.2 Å². The molecule has 27 heavy (non-hydrogen) atoms. The van der Waals surface area contributed by atoms with Crippen molar-refractivity contribution in [3.8, 4) is 0 Å². The first-order chi connectivity index (χ1) is 13.1. The first-order valence-electron chi connectivity index (χ1n) is 9.27. The van der Waals surface area contributed by atoms with Gasteiger partial charge in [-0.3, -0.25) is 4.79 Å². The largest absolute Gasteiger partial charge is 0.381 e. The molecule has 1 fully saturated rings. The van der Waals surface area contributed by atoms with Crippen LogP contribution in [0.2, 0.25) is 0 Å². The summed E-state index contributed by atoms with van der Waals surface area (Å²) in [5.41, 5.74) is 3.92. The molecule has 3 aromatic rings. The Morgan fingerprint density at radius 2 is 2.00 bits per heavy atom. The number of carbonyl (C=O) groups is 1. The van der Waals surface area contributed by atoms with Crippen LogP contribution in [0.15, 0.2) is 53.0 Å². The Morgan fingerprint density at radius 1 is 1.19 bits per heavy atom. The van der Waals surface area contributed by atoms with E-state index in [-0.39, 0.29) is 11.3 Å². The predicted molar refractivity (Wildman–Crippen MR) is 111 cm³/mol. The van der Waals surface area contributed by atoms with Crippen LogP contribution in [0.25, 0.3) is 10.9 Å². The quantitative estimate of drug-likeness (QED) is 0.633. The summed E-state index contributed by atoms with van der Waals surface area (Å²) < 4.78 is 6.65. The highest BCUT2D eigenvalue weighted by Crippen LogP contribution is 2.35. The highest BCUT2D eigenvalue weighted by molar-refractivity contribution is 9.10. The summed E-state index contributed by atoms with van der Waals surface area (Å²) in [5.74, 6) is -0.0651. The van der Waals surface area contributed by atoms with Crippen molar-refractivity contribution in [2.45, 2.75) is 25.2 Å². The van der Waals surface area contributed by atoms with Crippen LogP contribution in [0.4, 0.5) is 0 Å². The van der Waals surface area contributed by atoms with Crippen LogP contribution in [0, 0.1) is 6.92 Å². The molecule has 0 bridgehead atoms. The van der Waals surface area contributed by atoms with E-state index in [0.29, 0.717) is 25.5 Å². The van der Waals surface area contributed by atoms with Gasteiger partial charge in [0.2, 0.25) is 0 Å². The van der Waals surface area contributed by atoms with Crippen molar-refractivity contribution in [1.29, 1.82) is 0 Å². The molecule has 0 aliphatic carbocycles. The average molecular weight is 427 g/mol. The van der Waals surface area contributed by atoms with E-state index in [1.807, 2.05) is 25.1 Å². The fraction of sp³-hybridized carbons (Fsp3) is 0.318. The molecule has 0 spiro atoms. The number of rotatable bonds is 4. The molecule has 1 aliphatic heterocycles. The van der Waals surface area contributed by atoms with E-state index in [0.717, 1.165) is 28.2 Å². The van der Waals surface area contributed by atoms with E-state index in [4.69, 9.17) is 4.74 Å². The number of benzene rings is 2. The monoisotopic (exact) mass is 426 g/mol. The van der Waals surface area contributed by atoms with E-state index in [2.05, 4.69) is 56.6 Å². The second-order valence-corrected chi connectivity index (χ2v) is 8.28. The summed E-state index contributed by atoms with van der Waals surface area (Å²) in [5, 5.41) is 4.22. The minimum atomic E-state index is -0.0969. The van der Waals surface area contributed by atoms with Gasteiger partial charge in [-0.2, -0.15) is 0 Å². The number of amides is 1. The third-order valence-electron chi connectivity index (χ3n) is 5.50. The standard InChI is InChI=1S/C22H23BrN2O2/c1-15-5-6-16-12-20(25-19(16)11-15)21(26)24-14-22(7-9-27-10-8-22)17-3-2-4-18(23)13-17/h2-6,11-13,25H,7-10,14H2,1H3,(H,24,26). The molecule has 4 rings (SSSR count). The van der Waals surface area contributed by atoms with Crippen LogP contribution < -0.4 is 5.32 Å². The van der Waals surface area contributed by atoms with Gasteiger partial charge in [-0.15, -0.1) is 0 Å². The normalized spacial score (nSPS) is 16.4. The first-order valence-corrected chi connectivity index (χ1v) is 10.1. The SMILES string of the molecule is Cc1ccc2cc(C(=O)NCC3(c4cccc(Br)c4)CCOCC3)[nH]c2c1. The number of aromatic nitrogens is 1. The molecule has 0 radical (unpaired) electrons. The Hall–Kier alpha value is -2.11. The molecule has 2 heterocycles. The third-order valence-corrected chi connectivity index (χ3v) is 5.99. The summed E-state index contributed by atoms with van der Waals surface area (Å²) in [6.07, 6.45) is 1.80. The number of carbonyl (C=O) groups excluding carboxylic acids is 1. The van der Waals surface area contributed by atoms with Gasteiger partial charge in [0, 0.05) is 40.5 Å². The molecule has 4 nitrogen and oxygen atoms in total. The minimum Gasteiger partial charge on any atom is -0.381 e.